The van der Waals surface area contributed by atoms with E-state index in [0.717, 1.165) is 12.8 Å². The molecule has 2 aliphatic heterocycles. The van der Waals surface area contributed by atoms with Gasteiger partial charge in [0.2, 0.25) is 21.8 Å². The Morgan fingerprint density at radius 3 is 2.56 bits per heavy atom. The minimum atomic E-state index is -3.89. The molecule has 2 aromatic rings. The molecular weight excluding hydrogens is 714 g/mol. The molecule has 2 saturated carbocycles. The van der Waals surface area contributed by atoms with E-state index >= 15 is 0 Å². The summed E-state index contributed by atoms with van der Waals surface area (Å²) < 4.78 is 45.4. The largest absolute Gasteiger partial charge is 0.492 e. The van der Waals surface area contributed by atoms with E-state index in [-0.39, 0.29) is 24.5 Å². The van der Waals surface area contributed by atoms with Crippen LogP contribution < -0.4 is 24.8 Å². The zero-order chi connectivity index (χ0) is 37.4. The smallest absolute Gasteiger partial charge is 0.408 e. The van der Waals surface area contributed by atoms with E-state index in [1.165, 1.54) is 12.0 Å². The van der Waals surface area contributed by atoms with Crippen LogP contribution in [0.2, 0.25) is 5.15 Å². The molecule has 6 rings (SSSR count). The number of sulfonamides is 1. The molecule has 282 valence electrons. The second kappa shape index (κ2) is 14.7. The van der Waals surface area contributed by atoms with Crippen molar-refractivity contribution in [2.45, 2.75) is 113 Å². The molecule has 0 spiro atoms. The number of alkyl carbamates (subject to hydrolysis) is 1. The Kier molecular flexibility index (Phi) is 10.7. The molecule has 0 radical (unpaired) electrons. The summed E-state index contributed by atoms with van der Waals surface area (Å²) in [5, 5.41) is 6.56. The highest BCUT2D eigenvalue weighted by Gasteiger charge is 2.62. The van der Waals surface area contributed by atoms with E-state index in [2.05, 4.69) is 20.3 Å². The van der Waals surface area contributed by atoms with Crippen molar-refractivity contribution < 1.29 is 41.8 Å². The van der Waals surface area contributed by atoms with Crippen molar-refractivity contribution in [2.24, 2.45) is 5.92 Å². The number of pyridine rings is 1. The molecule has 1 saturated heterocycles. The molecule has 0 unspecified atom stereocenters. The first-order valence-corrected chi connectivity index (χ1v) is 19.7. The van der Waals surface area contributed by atoms with Crippen molar-refractivity contribution >= 4 is 56.2 Å². The molecule has 5 atom stereocenters. The second-order valence-corrected chi connectivity index (χ2v) is 17.3. The van der Waals surface area contributed by atoms with Crippen LogP contribution in [0.1, 0.15) is 78.6 Å². The van der Waals surface area contributed by atoms with Crippen LogP contribution in [0.25, 0.3) is 10.8 Å². The number of carbonyl (C=O) groups is 4. The zero-order valence-electron chi connectivity index (χ0n) is 29.8. The number of fused-ring (bicyclic) bond motifs is 3. The van der Waals surface area contributed by atoms with Gasteiger partial charge in [-0.2, -0.15) is 0 Å². The maximum absolute atomic E-state index is 14.4. The van der Waals surface area contributed by atoms with Crippen LogP contribution in [0.15, 0.2) is 36.5 Å². The zero-order valence-corrected chi connectivity index (χ0v) is 31.3. The number of benzene rings is 1. The Morgan fingerprint density at radius 2 is 1.85 bits per heavy atom. The van der Waals surface area contributed by atoms with Crippen LogP contribution in [0.5, 0.6) is 11.5 Å². The molecule has 2 aliphatic carbocycles. The number of carbonyl (C=O) groups excluding carboxylic acids is 4. The van der Waals surface area contributed by atoms with Crippen LogP contribution in [0.4, 0.5) is 4.79 Å². The summed E-state index contributed by atoms with van der Waals surface area (Å²) in [5.74, 6) is -1.62. The molecule has 3 N–H and O–H groups in total. The van der Waals surface area contributed by atoms with Gasteiger partial charge in [-0.25, -0.2) is 18.2 Å². The van der Waals surface area contributed by atoms with E-state index in [1.807, 2.05) is 12.2 Å². The fourth-order valence-electron chi connectivity index (χ4n) is 6.95. The summed E-state index contributed by atoms with van der Waals surface area (Å²) in [6, 6.07) is 3.04. The van der Waals surface area contributed by atoms with Gasteiger partial charge in [-0.15, -0.1) is 0 Å². The lowest BCUT2D eigenvalue weighted by molar-refractivity contribution is -0.141. The maximum Gasteiger partial charge on any atom is 0.408 e. The summed E-state index contributed by atoms with van der Waals surface area (Å²) in [6.45, 7) is 5.14. The number of amides is 4. The molecule has 0 bridgehead atoms. The molecular formula is C36H46ClN5O9S. The molecule has 14 nitrogen and oxygen atoms in total. The third-order valence-corrected chi connectivity index (χ3v) is 12.0. The van der Waals surface area contributed by atoms with Crippen LogP contribution in [-0.4, -0.2) is 90.3 Å². The lowest BCUT2D eigenvalue weighted by atomic mass is 10.0. The number of ether oxygens (including phenoxy) is 3. The molecule has 4 aliphatic rings. The molecule has 3 heterocycles. The summed E-state index contributed by atoms with van der Waals surface area (Å²) >= 11 is 6.32. The Bertz CT molecular complexity index is 1880. The molecule has 52 heavy (non-hydrogen) atoms. The monoisotopic (exact) mass is 759 g/mol. The standard InChI is InChI=1S/C36H46ClN5O9S/c1-35(2,3)51-34(46)39-26-11-9-7-5-6-8-10-21-19-36(21,33(45)41-52(47,48)23-12-13-23)40-31(43)27-18-22(20-42(27)32(26)44)50-28-15-14-25-24(29(28)49-4)16-17-38-30(25)37/h8,10,14-17,21-23,26-27H,5-7,9,11-13,18-20H2,1-4H3,(H,39,46)(H,40,43)(H,41,45)/b10-8-/t21-,22-,26+,27+,36-/m1/s1. The first-order chi connectivity index (χ1) is 24.6. The van der Waals surface area contributed by atoms with Crippen LogP contribution in [-0.2, 0) is 29.1 Å². The van der Waals surface area contributed by atoms with E-state index in [0.29, 0.717) is 54.4 Å². The summed E-state index contributed by atoms with van der Waals surface area (Å²) in [4.78, 5) is 60.9. The predicted molar refractivity (Wildman–Crippen MR) is 192 cm³/mol. The number of rotatable bonds is 7. The lowest BCUT2D eigenvalue weighted by Gasteiger charge is -2.30. The number of nitrogens with zero attached hydrogens (tertiary/aromatic N) is 2. The number of hydrogen-bond donors (Lipinski definition) is 3. The molecule has 3 fully saturated rings. The van der Waals surface area contributed by atoms with E-state index in [9.17, 15) is 27.6 Å². The maximum atomic E-state index is 14.4. The van der Waals surface area contributed by atoms with Gasteiger partial charge >= 0.3 is 6.09 Å². The van der Waals surface area contributed by atoms with E-state index < -0.39 is 74.3 Å². The lowest BCUT2D eigenvalue weighted by Crippen LogP contribution is -2.58. The van der Waals surface area contributed by atoms with Crippen molar-refractivity contribution in [1.29, 1.82) is 0 Å². The fourth-order valence-corrected chi connectivity index (χ4v) is 8.54. The van der Waals surface area contributed by atoms with Gasteiger partial charge in [0.05, 0.1) is 18.9 Å². The Balaban J connectivity index is 1.32. The van der Waals surface area contributed by atoms with Gasteiger partial charge in [0, 0.05) is 29.3 Å². The first kappa shape index (κ1) is 37.6. The first-order valence-electron chi connectivity index (χ1n) is 17.7. The van der Waals surface area contributed by atoms with Crippen LogP contribution in [0, 0.1) is 5.92 Å². The van der Waals surface area contributed by atoms with Gasteiger partial charge in [0.1, 0.15) is 34.5 Å². The number of allylic oxidation sites excluding steroid dienone is 1. The highest BCUT2D eigenvalue weighted by Crippen LogP contribution is 2.46. The quantitative estimate of drug-likeness (QED) is 0.274. The van der Waals surface area contributed by atoms with E-state index in [4.69, 9.17) is 25.8 Å². The normalized spacial score (nSPS) is 27.6. The van der Waals surface area contributed by atoms with Crippen molar-refractivity contribution in [3.63, 3.8) is 0 Å². The average molecular weight is 760 g/mol. The van der Waals surface area contributed by atoms with Gasteiger partial charge in [0.25, 0.3) is 5.91 Å². The van der Waals surface area contributed by atoms with Gasteiger partial charge in [-0.05, 0) is 77.5 Å². The Morgan fingerprint density at radius 1 is 1.08 bits per heavy atom. The summed E-state index contributed by atoms with van der Waals surface area (Å²) in [5.41, 5.74) is -2.32. The van der Waals surface area contributed by atoms with E-state index in [1.54, 1.807) is 45.2 Å². The van der Waals surface area contributed by atoms with Crippen molar-refractivity contribution in [1.82, 2.24) is 25.2 Å². The topological polar surface area (TPSA) is 182 Å². The van der Waals surface area contributed by atoms with Crippen LogP contribution >= 0.6 is 11.6 Å². The molecule has 1 aromatic carbocycles. The van der Waals surface area contributed by atoms with Crippen molar-refractivity contribution in [2.75, 3.05) is 13.7 Å². The number of hydrogen-bond acceptors (Lipinski definition) is 10. The number of halogens is 1. The number of methoxy groups -OCH3 is 1. The predicted octanol–water partition coefficient (Wildman–Crippen LogP) is 4.14. The van der Waals surface area contributed by atoms with Gasteiger partial charge in [-0.3, -0.25) is 19.1 Å². The Hall–Kier alpha value is -4.11. The number of nitrogens with one attached hydrogen (secondary N) is 3. The highest BCUT2D eigenvalue weighted by atomic mass is 35.5. The fraction of sp³-hybridized carbons (Fsp3) is 0.583. The molecule has 16 heteroatoms. The van der Waals surface area contributed by atoms with Crippen LogP contribution in [0.3, 0.4) is 0 Å². The minimum Gasteiger partial charge on any atom is -0.492 e. The number of aromatic nitrogens is 1. The van der Waals surface area contributed by atoms with Gasteiger partial charge < -0.3 is 29.7 Å². The second-order valence-electron chi connectivity index (χ2n) is 15.0. The van der Waals surface area contributed by atoms with Crippen molar-refractivity contribution in [3.8, 4) is 11.5 Å². The SMILES string of the molecule is COc1c(O[C@@H]2C[C@H]3C(=O)N[C@]4(C(=O)NS(=O)(=O)C5CC5)C[C@H]4/C=C\CCCCC[C@H](NC(=O)OC(C)(C)C)C(=O)N3C2)ccc2c(Cl)nccc12. The third kappa shape index (κ3) is 8.25. The highest BCUT2D eigenvalue weighted by molar-refractivity contribution is 7.91. The third-order valence-electron chi connectivity index (χ3n) is 9.84. The van der Waals surface area contributed by atoms with Crippen molar-refractivity contribution in [3.05, 3.63) is 41.7 Å². The minimum absolute atomic E-state index is 0.0275. The molecule has 1 aromatic heterocycles. The van der Waals surface area contributed by atoms with Gasteiger partial charge in [-0.1, -0.05) is 36.6 Å². The van der Waals surface area contributed by atoms with Gasteiger partial charge in [0.15, 0.2) is 11.5 Å². The molecule has 4 amide bonds. The Labute approximate surface area is 308 Å². The summed E-state index contributed by atoms with van der Waals surface area (Å²) in [7, 11) is -2.40. The summed E-state index contributed by atoms with van der Waals surface area (Å²) in [6.07, 6.45) is 8.20. The average Bonchev–Trinajstić information content (AvgIpc) is 3.99.